The van der Waals surface area contributed by atoms with Gasteiger partial charge in [-0.05, 0) is 26.2 Å². The summed E-state index contributed by atoms with van der Waals surface area (Å²) in [5, 5.41) is 1.20. The lowest BCUT2D eigenvalue weighted by Gasteiger charge is -2.11. The zero-order valence-corrected chi connectivity index (χ0v) is 10.1. The first-order valence-corrected chi connectivity index (χ1v) is 5.77. The monoisotopic (exact) mass is 232 g/mol. The summed E-state index contributed by atoms with van der Waals surface area (Å²) in [6.45, 7) is 2.34. The second-order valence-corrected chi connectivity index (χ2v) is 4.58. The molecule has 2 aromatic rings. The molecule has 4 nitrogen and oxygen atoms in total. The van der Waals surface area contributed by atoms with Crippen LogP contribution < -0.4 is 9.47 Å². The predicted octanol–water partition coefficient (Wildman–Crippen LogP) is 1.93. The van der Waals surface area contributed by atoms with Crippen molar-refractivity contribution in [2.24, 2.45) is 0 Å². The summed E-state index contributed by atoms with van der Waals surface area (Å²) >= 11 is 0. The van der Waals surface area contributed by atoms with Crippen LogP contribution in [-0.4, -0.2) is 36.9 Å². The Balaban J connectivity index is 1.97. The third-order valence-electron chi connectivity index (χ3n) is 3.05. The molecule has 4 heteroatoms. The fraction of sp³-hybridized carbons (Fsp3) is 0.385. The molecule has 0 unspecified atom stereocenters. The lowest BCUT2D eigenvalue weighted by atomic mass is 10.2. The quantitative estimate of drug-likeness (QED) is 0.809. The first-order chi connectivity index (χ1) is 8.24. The van der Waals surface area contributed by atoms with Crippen molar-refractivity contribution in [1.82, 2.24) is 9.47 Å². The highest BCUT2D eigenvalue weighted by molar-refractivity contribution is 5.84. The van der Waals surface area contributed by atoms with E-state index in [-0.39, 0.29) is 0 Å². The summed E-state index contributed by atoms with van der Waals surface area (Å²) in [6, 6.07) is 6.23. The van der Waals surface area contributed by atoms with E-state index in [0.29, 0.717) is 6.79 Å². The molecule has 0 radical (unpaired) electrons. The molecule has 0 amide bonds. The SMILES string of the molecule is CN(C)CCn1ccc2cc3c(cc21)OCO3. The number of aromatic nitrogens is 1. The molecule has 0 saturated heterocycles. The smallest absolute Gasteiger partial charge is 0.231 e. The van der Waals surface area contributed by atoms with E-state index in [4.69, 9.17) is 9.47 Å². The fourth-order valence-corrected chi connectivity index (χ4v) is 2.08. The number of hydrogen-bond acceptors (Lipinski definition) is 3. The maximum Gasteiger partial charge on any atom is 0.231 e. The Hall–Kier alpha value is -1.68. The van der Waals surface area contributed by atoms with E-state index in [0.717, 1.165) is 24.6 Å². The lowest BCUT2D eigenvalue weighted by Crippen LogP contribution is -2.17. The van der Waals surface area contributed by atoms with Crippen molar-refractivity contribution in [3.63, 3.8) is 0 Å². The topological polar surface area (TPSA) is 26.6 Å². The molecule has 0 spiro atoms. The molecule has 1 aromatic heterocycles. The minimum Gasteiger partial charge on any atom is -0.454 e. The highest BCUT2D eigenvalue weighted by Gasteiger charge is 2.15. The van der Waals surface area contributed by atoms with Gasteiger partial charge in [-0.2, -0.15) is 0 Å². The number of benzene rings is 1. The molecule has 90 valence electrons. The molecule has 0 fully saturated rings. The lowest BCUT2D eigenvalue weighted by molar-refractivity contribution is 0.174. The number of hydrogen-bond donors (Lipinski definition) is 0. The van der Waals surface area contributed by atoms with Gasteiger partial charge in [0.2, 0.25) is 6.79 Å². The van der Waals surface area contributed by atoms with Crippen molar-refractivity contribution in [1.29, 1.82) is 0 Å². The van der Waals surface area contributed by atoms with Crippen molar-refractivity contribution in [2.75, 3.05) is 27.4 Å². The van der Waals surface area contributed by atoms with E-state index in [1.54, 1.807) is 0 Å². The van der Waals surface area contributed by atoms with Crippen LogP contribution >= 0.6 is 0 Å². The van der Waals surface area contributed by atoms with Gasteiger partial charge in [-0.1, -0.05) is 0 Å². The van der Waals surface area contributed by atoms with Crippen LogP contribution in [0.25, 0.3) is 10.9 Å². The van der Waals surface area contributed by atoms with Gasteiger partial charge in [-0.3, -0.25) is 0 Å². The molecule has 0 N–H and O–H groups in total. The number of likely N-dealkylation sites (N-methyl/N-ethyl adjacent to an activating group) is 1. The molecule has 3 rings (SSSR count). The largest absolute Gasteiger partial charge is 0.454 e. The summed E-state index contributed by atoms with van der Waals surface area (Å²) in [4.78, 5) is 2.18. The fourth-order valence-electron chi connectivity index (χ4n) is 2.08. The number of fused-ring (bicyclic) bond motifs is 2. The Kier molecular flexibility index (Phi) is 2.44. The summed E-state index contributed by atoms with van der Waals surface area (Å²) in [6.07, 6.45) is 2.11. The van der Waals surface area contributed by atoms with Gasteiger partial charge in [0, 0.05) is 30.7 Å². The maximum absolute atomic E-state index is 5.41. The van der Waals surface area contributed by atoms with Crippen molar-refractivity contribution in [3.8, 4) is 11.5 Å². The van der Waals surface area contributed by atoms with E-state index < -0.39 is 0 Å². The van der Waals surface area contributed by atoms with Crippen molar-refractivity contribution < 1.29 is 9.47 Å². The Morgan fingerprint density at radius 2 is 2.00 bits per heavy atom. The average molecular weight is 232 g/mol. The van der Waals surface area contributed by atoms with E-state index in [1.807, 2.05) is 6.07 Å². The molecular formula is C13H16N2O2. The van der Waals surface area contributed by atoms with Crippen LogP contribution in [0.4, 0.5) is 0 Å². The van der Waals surface area contributed by atoms with Crippen molar-refractivity contribution >= 4 is 10.9 Å². The molecule has 0 saturated carbocycles. The summed E-state index contributed by atoms with van der Waals surface area (Å²) in [7, 11) is 4.17. The van der Waals surface area contributed by atoms with E-state index in [9.17, 15) is 0 Å². The van der Waals surface area contributed by atoms with E-state index >= 15 is 0 Å². The minimum atomic E-state index is 0.333. The highest BCUT2D eigenvalue weighted by atomic mass is 16.7. The Bertz CT molecular complexity index is 546. The normalized spacial score (nSPS) is 13.8. The molecule has 0 atom stereocenters. The second-order valence-electron chi connectivity index (χ2n) is 4.58. The summed E-state index contributed by atoms with van der Waals surface area (Å²) < 4.78 is 13.0. The standard InChI is InChI=1S/C13H16N2O2/c1-14(2)5-6-15-4-3-10-7-12-13(8-11(10)15)17-9-16-12/h3-4,7-8H,5-6,9H2,1-2H3. The van der Waals surface area contributed by atoms with Crippen LogP contribution in [0.5, 0.6) is 11.5 Å². The maximum atomic E-state index is 5.41. The molecule has 1 aliphatic rings. The van der Waals surface area contributed by atoms with Crippen LogP contribution in [0.15, 0.2) is 24.4 Å². The zero-order chi connectivity index (χ0) is 11.8. The van der Waals surface area contributed by atoms with Crippen LogP contribution in [0.2, 0.25) is 0 Å². The number of ether oxygens (including phenoxy) is 2. The van der Waals surface area contributed by atoms with Crippen molar-refractivity contribution in [3.05, 3.63) is 24.4 Å². The third kappa shape index (κ3) is 1.85. The molecule has 1 aliphatic heterocycles. The number of rotatable bonds is 3. The van der Waals surface area contributed by atoms with Gasteiger partial charge in [0.15, 0.2) is 11.5 Å². The Morgan fingerprint density at radius 1 is 1.24 bits per heavy atom. The Morgan fingerprint density at radius 3 is 2.76 bits per heavy atom. The molecule has 1 aromatic carbocycles. The first-order valence-electron chi connectivity index (χ1n) is 5.77. The van der Waals surface area contributed by atoms with Gasteiger partial charge >= 0.3 is 0 Å². The van der Waals surface area contributed by atoms with Crippen LogP contribution in [0, 0.1) is 0 Å². The van der Waals surface area contributed by atoms with Gasteiger partial charge in [0.05, 0.1) is 5.52 Å². The van der Waals surface area contributed by atoms with Crippen LogP contribution in [-0.2, 0) is 6.54 Å². The summed E-state index contributed by atoms with van der Waals surface area (Å²) in [5.41, 5.74) is 1.20. The van der Waals surface area contributed by atoms with Gasteiger partial charge in [-0.25, -0.2) is 0 Å². The van der Waals surface area contributed by atoms with Gasteiger partial charge in [0.1, 0.15) is 0 Å². The second kappa shape index (κ2) is 3.96. The van der Waals surface area contributed by atoms with E-state index in [2.05, 4.69) is 41.9 Å². The zero-order valence-electron chi connectivity index (χ0n) is 10.1. The van der Waals surface area contributed by atoms with Gasteiger partial charge in [0.25, 0.3) is 0 Å². The van der Waals surface area contributed by atoms with Crippen LogP contribution in [0.1, 0.15) is 0 Å². The molecular weight excluding hydrogens is 216 g/mol. The third-order valence-corrected chi connectivity index (χ3v) is 3.05. The van der Waals surface area contributed by atoms with E-state index in [1.165, 1.54) is 10.9 Å². The predicted molar refractivity (Wildman–Crippen MR) is 66.6 cm³/mol. The molecule has 17 heavy (non-hydrogen) atoms. The molecule has 2 heterocycles. The first kappa shape index (κ1) is 10.5. The summed E-state index contributed by atoms with van der Waals surface area (Å²) in [5.74, 6) is 1.70. The molecule has 0 bridgehead atoms. The highest BCUT2D eigenvalue weighted by Crippen LogP contribution is 2.36. The average Bonchev–Trinajstić information content (AvgIpc) is 2.88. The Labute approximate surface area is 100 Å². The number of nitrogens with zero attached hydrogens (tertiary/aromatic N) is 2. The molecule has 0 aliphatic carbocycles. The van der Waals surface area contributed by atoms with Gasteiger partial charge in [-0.15, -0.1) is 0 Å². The minimum absolute atomic E-state index is 0.333. The van der Waals surface area contributed by atoms with Crippen molar-refractivity contribution in [2.45, 2.75) is 6.54 Å². The van der Waals surface area contributed by atoms with Gasteiger partial charge < -0.3 is 18.9 Å². The van der Waals surface area contributed by atoms with Crippen LogP contribution in [0.3, 0.4) is 0 Å².